The molecule has 1 atom stereocenters. The van der Waals surface area contributed by atoms with Gasteiger partial charge in [0.05, 0.1) is 0 Å². The lowest BCUT2D eigenvalue weighted by Crippen LogP contribution is -2.68. The summed E-state index contributed by atoms with van der Waals surface area (Å²) < 4.78 is 27.4. The van der Waals surface area contributed by atoms with E-state index in [2.05, 4.69) is 108 Å². The zero-order valence-corrected chi connectivity index (χ0v) is 26.5. The summed E-state index contributed by atoms with van der Waals surface area (Å²) in [5.74, 6) is 0. The number of rotatable bonds is 12. The smallest absolute Gasteiger partial charge is 0.433 e. The molecule has 0 aliphatic rings. The van der Waals surface area contributed by atoms with E-state index in [1.807, 2.05) is 30.1 Å². The lowest BCUT2D eigenvalue weighted by atomic mass is 10.4. The molecule has 2 rings (SSSR count). The Balaban J connectivity index is 2.57. The second kappa shape index (κ2) is 10.6. The molecule has 0 fully saturated rings. The molecule has 0 aliphatic carbocycles. The Labute approximate surface area is 206 Å². The van der Waals surface area contributed by atoms with Crippen molar-refractivity contribution in [1.82, 2.24) is 0 Å². The molecule has 0 saturated heterocycles. The van der Waals surface area contributed by atoms with Gasteiger partial charge in [-0.25, -0.2) is 0 Å². The molecule has 2 aromatic carbocycles. The van der Waals surface area contributed by atoms with Crippen LogP contribution in [0.1, 0.15) is 0 Å². The Kier molecular flexibility index (Phi) is 9.04. The molecule has 0 N–H and O–H groups in total. The Morgan fingerprint density at radius 2 is 0.939 bits per heavy atom. The molecule has 9 heteroatoms. The first-order valence-corrected chi connectivity index (χ1v) is 24.8. The quantitative estimate of drug-likeness (QED) is 0.335. The van der Waals surface area contributed by atoms with Crippen molar-refractivity contribution < 1.29 is 16.5 Å². The van der Waals surface area contributed by atoms with Gasteiger partial charge in [0.15, 0.2) is 8.32 Å². The topological polar surface area (TPSA) is 36.9 Å². The zero-order valence-electron chi connectivity index (χ0n) is 21.5. The van der Waals surface area contributed by atoms with Crippen LogP contribution in [0.2, 0.25) is 52.4 Å². The Morgan fingerprint density at radius 1 is 0.545 bits per heavy atom. The van der Waals surface area contributed by atoms with Crippen LogP contribution in [0.5, 0.6) is 0 Å². The lowest BCUT2D eigenvalue weighted by molar-refractivity contribution is 0.239. The van der Waals surface area contributed by atoms with Gasteiger partial charge in [-0.05, 0) is 56.2 Å². The second-order valence-corrected chi connectivity index (χ2v) is 28.3. The summed E-state index contributed by atoms with van der Waals surface area (Å²) in [4.78, 5) is 0. The van der Waals surface area contributed by atoms with Crippen molar-refractivity contribution in [3.8, 4) is 0 Å². The minimum Gasteiger partial charge on any atom is -0.433 e. The van der Waals surface area contributed by atoms with Gasteiger partial charge < -0.3 is 16.5 Å². The van der Waals surface area contributed by atoms with E-state index in [0.717, 1.165) is 0 Å². The Morgan fingerprint density at radius 3 is 1.33 bits per heavy atom. The summed E-state index contributed by atoms with van der Waals surface area (Å²) in [6.45, 7) is 24.9. The first-order valence-electron chi connectivity index (χ1n) is 11.3. The van der Waals surface area contributed by atoms with Gasteiger partial charge >= 0.3 is 17.4 Å². The van der Waals surface area contributed by atoms with E-state index >= 15 is 0 Å². The molecule has 0 heterocycles. The maximum absolute atomic E-state index is 7.18. The third-order valence-electron chi connectivity index (χ3n) is 5.41. The number of hydrogen-bond acceptors (Lipinski definition) is 4. The van der Waals surface area contributed by atoms with Crippen molar-refractivity contribution in [3.05, 3.63) is 85.2 Å². The van der Waals surface area contributed by atoms with Crippen LogP contribution in [-0.4, -0.2) is 42.3 Å². The average Bonchev–Trinajstić information content (AvgIpc) is 2.73. The van der Waals surface area contributed by atoms with Gasteiger partial charge in [-0.15, -0.1) is 13.2 Å². The van der Waals surface area contributed by atoms with Crippen molar-refractivity contribution in [1.29, 1.82) is 0 Å². The van der Waals surface area contributed by atoms with Crippen LogP contribution in [0.15, 0.2) is 85.2 Å². The maximum atomic E-state index is 7.18. The van der Waals surface area contributed by atoms with E-state index in [0.29, 0.717) is 0 Å². The highest BCUT2D eigenvalue weighted by atomic mass is 28.5. The third kappa shape index (κ3) is 7.94. The predicted molar refractivity (Wildman–Crippen MR) is 153 cm³/mol. The molecule has 0 spiro atoms. The summed E-state index contributed by atoms with van der Waals surface area (Å²) in [5, 5.41) is 2.36. The SMILES string of the molecule is C=C[Si](C)(C)O[Si](C)(C)O[Si](C)(O[Si](C)(C)C=C)O[Si](C)(c1ccccc1)c1ccccc1. The van der Waals surface area contributed by atoms with Crippen LogP contribution in [0.3, 0.4) is 0 Å². The van der Waals surface area contributed by atoms with Gasteiger partial charge in [-0.1, -0.05) is 72.1 Å². The van der Waals surface area contributed by atoms with Gasteiger partial charge in [-0.2, -0.15) is 0 Å². The molecule has 1 unspecified atom stereocenters. The highest BCUT2D eigenvalue weighted by Crippen LogP contribution is 2.28. The number of benzene rings is 2. The zero-order chi connectivity index (χ0) is 25.0. The van der Waals surface area contributed by atoms with E-state index in [1.165, 1.54) is 10.4 Å². The van der Waals surface area contributed by atoms with Crippen LogP contribution in [-0.2, 0) is 16.5 Å². The van der Waals surface area contributed by atoms with E-state index < -0.39 is 42.3 Å². The van der Waals surface area contributed by atoms with E-state index in [-0.39, 0.29) is 0 Å². The molecule has 0 saturated carbocycles. The predicted octanol–water partition coefficient (Wildman–Crippen LogP) is 5.57. The van der Waals surface area contributed by atoms with Crippen LogP contribution in [0.25, 0.3) is 0 Å². The van der Waals surface area contributed by atoms with Crippen molar-refractivity contribution in [2.45, 2.75) is 52.4 Å². The fourth-order valence-corrected chi connectivity index (χ4v) is 25.1. The van der Waals surface area contributed by atoms with Gasteiger partial charge in [0, 0.05) is 6.55 Å². The highest BCUT2D eigenvalue weighted by molar-refractivity contribution is 7.02. The standard InChI is InChI=1S/C24H40O4Si5/c1-11-29(3,4)25-31(7,8)27-33(10,26-30(5,6)12-2)28-32(9,23-19-15-13-16-20-23)24-21-17-14-18-22-24/h11-22H,1-2H2,3-10H3. The largest absolute Gasteiger partial charge is 0.468 e. The van der Waals surface area contributed by atoms with Gasteiger partial charge in [0.2, 0.25) is 16.6 Å². The Hall–Kier alpha value is -1.16. The molecule has 33 heavy (non-hydrogen) atoms. The van der Waals surface area contributed by atoms with Crippen molar-refractivity contribution >= 4 is 52.7 Å². The molecule has 0 aromatic heterocycles. The van der Waals surface area contributed by atoms with Crippen molar-refractivity contribution in [3.63, 3.8) is 0 Å². The molecule has 0 amide bonds. The van der Waals surface area contributed by atoms with Gasteiger partial charge in [-0.3, -0.25) is 0 Å². The molecule has 2 aromatic rings. The number of hydrogen-bond donors (Lipinski definition) is 0. The van der Waals surface area contributed by atoms with E-state index in [4.69, 9.17) is 16.5 Å². The van der Waals surface area contributed by atoms with Crippen LogP contribution < -0.4 is 10.4 Å². The minimum absolute atomic E-state index is 1.18. The molecule has 0 radical (unpaired) electrons. The van der Waals surface area contributed by atoms with Crippen molar-refractivity contribution in [2.24, 2.45) is 0 Å². The average molecular weight is 533 g/mol. The molecule has 0 bridgehead atoms. The summed E-state index contributed by atoms with van der Waals surface area (Å²) >= 11 is 0. The maximum Gasteiger partial charge on any atom is 0.468 e. The third-order valence-corrected chi connectivity index (χ3v) is 24.5. The molecule has 4 nitrogen and oxygen atoms in total. The van der Waals surface area contributed by atoms with E-state index in [1.54, 1.807) is 0 Å². The molecular formula is C24H40O4Si5. The van der Waals surface area contributed by atoms with Crippen LogP contribution in [0, 0.1) is 0 Å². The summed E-state index contributed by atoms with van der Waals surface area (Å²) in [6, 6.07) is 20.9. The summed E-state index contributed by atoms with van der Waals surface area (Å²) in [7, 11) is -12.7. The normalized spacial score (nSPS) is 15.0. The lowest BCUT2D eigenvalue weighted by Gasteiger charge is -2.44. The molecule has 0 aliphatic heterocycles. The fraction of sp³-hybridized carbons (Fsp3) is 0.333. The Bertz CT molecular complexity index is 895. The molecular weight excluding hydrogens is 493 g/mol. The van der Waals surface area contributed by atoms with Crippen molar-refractivity contribution in [2.75, 3.05) is 0 Å². The van der Waals surface area contributed by atoms with Crippen LogP contribution >= 0.6 is 0 Å². The summed E-state index contributed by atoms with van der Waals surface area (Å²) in [6.07, 6.45) is 0. The van der Waals surface area contributed by atoms with Gasteiger partial charge in [0.25, 0.3) is 0 Å². The summed E-state index contributed by atoms with van der Waals surface area (Å²) in [5.41, 5.74) is 3.88. The molecule has 180 valence electrons. The van der Waals surface area contributed by atoms with Crippen LogP contribution in [0.4, 0.5) is 0 Å². The first kappa shape index (κ1) is 28.1. The second-order valence-electron chi connectivity index (χ2n) is 10.1. The highest BCUT2D eigenvalue weighted by Gasteiger charge is 2.52. The minimum atomic E-state index is -3.18. The fourth-order valence-electron chi connectivity index (χ4n) is 3.89. The van der Waals surface area contributed by atoms with Gasteiger partial charge in [0.1, 0.15) is 0 Å². The first-order chi connectivity index (χ1) is 15.2. The monoisotopic (exact) mass is 532 g/mol. The van der Waals surface area contributed by atoms with E-state index in [9.17, 15) is 0 Å².